The summed E-state index contributed by atoms with van der Waals surface area (Å²) in [5.74, 6) is -0.138. The number of thiocarbonyl (C=S) groups is 1. The standard InChI is InChI=1S/C16H24N4O3S/c1-11(21)19-12-6-5-7-13(10-12)20-14(24)17-8-9-18-15(22)23-16(2,3)4/h5-7,10H,8-9H2,1-4H3,(H,18,22)(H,19,21)(H2,17,20,24). The molecule has 0 aliphatic carbocycles. The van der Waals surface area contributed by atoms with E-state index in [0.717, 1.165) is 5.69 Å². The molecule has 2 amide bonds. The Balaban J connectivity index is 2.32. The topological polar surface area (TPSA) is 91.5 Å². The van der Waals surface area contributed by atoms with Crippen LogP contribution in [0, 0.1) is 0 Å². The van der Waals surface area contributed by atoms with Gasteiger partial charge in [0.1, 0.15) is 5.60 Å². The van der Waals surface area contributed by atoms with Gasteiger partial charge in [0.2, 0.25) is 5.91 Å². The molecular weight excluding hydrogens is 328 g/mol. The molecule has 0 unspecified atom stereocenters. The maximum Gasteiger partial charge on any atom is 0.407 e. The maximum atomic E-state index is 11.5. The average molecular weight is 352 g/mol. The molecular formula is C16H24N4O3S. The fourth-order valence-electron chi connectivity index (χ4n) is 1.71. The molecule has 7 nitrogen and oxygen atoms in total. The summed E-state index contributed by atoms with van der Waals surface area (Å²) in [6.07, 6.45) is -0.466. The van der Waals surface area contributed by atoms with Gasteiger partial charge in [0.25, 0.3) is 0 Å². The monoisotopic (exact) mass is 352 g/mol. The summed E-state index contributed by atoms with van der Waals surface area (Å²) in [4.78, 5) is 22.5. The maximum absolute atomic E-state index is 11.5. The molecule has 0 spiro atoms. The van der Waals surface area contributed by atoms with E-state index in [1.165, 1.54) is 6.92 Å². The number of carbonyl (C=O) groups is 2. The summed E-state index contributed by atoms with van der Waals surface area (Å²) >= 11 is 5.18. The van der Waals surface area contributed by atoms with Crippen molar-refractivity contribution in [2.45, 2.75) is 33.3 Å². The fourth-order valence-corrected chi connectivity index (χ4v) is 1.93. The van der Waals surface area contributed by atoms with Crippen LogP contribution in [0.5, 0.6) is 0 Å². The number of rotatable bonds is 5. The first-order valence-electron chi connectivity index (χ1n) is 7.55. The molecule has 0 bridgehead atoms. The second kappa shape index (κ2) is 9.07. The molecule has 0 aromatic heterocycles. The van der Waals surface area contributed by atoms with E-state index in [1.54, 1.807) is 39.0 Å². The van der Waals surface area contributed by atoms with Crippen LogP contribution in [-0.4, -0.2) is 35.8 Å². The van der Waals surface area contributed by atoms with Crippen LogP contribution in [0.25, 0.3) is 0 Å². The van der Waals surface area contributed by atoms with E-state index in [0.29, 0.717) is 23.9 Å². The minimum atomic E-state index is -0.521. The number of alkyl carbamates (subject to hydrolysis) is 1. The Morgan fingerprint density at radius 3 is 2.25 bits per heavy atom. The number of amides is 2. The highest BCUT2D eigenvalue weighted by atomic mass is 32.1. The minimum Gasteiger partial charge on any atom is -0.444 e. The number of hydrogen-bond donors (Lipinski definition) is 4. The molecule has 4 N–H and O–H groups in total. The molecule has 0 radical (unpaired) electrons. The molecule has 0 saturated carbocycles. The van der Waals surface area contributed by atoms with Crippen molar-refractivity contribution >= 4 is 40.7 Å². The third-order valence-electron chi connectivity index (χ3n) is 2.52. The van der Waals surface area contributed by atoms with Gasteiger partial charge in [-0.15, -0.1) is 0 Å². The molecule has 0 fully saturated rings. The summed E-state index contributed by atoms with van der Waals surface area (Å²) < 4.78 is 5.12. The molecule has 0 atom stereocenters. The quantitative estimate of drug-likeness (QED) is 0.481. The van der Waals surface area contributed by atoms with Crippen LogP contribution in [0.4, 0.5) is 16.2 Å². The molecule has 24 heavy (non-hydrogen) atoms. The van der Waals surface area contributed by atoms with Gasteiger partial charge in [-0.05, 0) is 51.2 Å². The third-order valence-corrected chi connectivity index (χ3v) is 2.77. The lowest BCUT2D eigenvalue weighted by atomic mass is 10.2. The smallest absolute Gasteiger partial charge is 0.407 e. The van der Waals surface area contributed by atoms with Crippen LogP contribution in [0.3, 0.4) is 0 Å². The van der Waals surface area contributed by atoms with E-state index in [4.69, 9.17) is 17.0 Å². The molecule has 0 aliphatic heterocycles. The Morgan fingerprint density at radius 2 is 1.67 bits per heavy atom. The number of anilines is 2. The highest BCUT2D eigenvalue weighted by Crippen LogP contribution is 2.14. The summed E-state index contributed by atoms with van der Waals surface area (Å²) in [5.41, 5.74) is 0.911. The Hall–Kier alpha value is -2.35. The Kier molecular flexibility index (Phi) is 7.44. The fraction of sp³-hybridized carbons (Fsp3) is 0.438. The summed E-state index contributed by atoms with van der Waals surface area (Å²) in [7, 11) is 0. The van der Waals surface area contributed by atoms with E-state index in [2.05, 4.69) is 21.3 Å². The number of hydrogen-bond acceptors (Lipinski definition) is 4. The zero-order valence-electron chi connectivity index (χ0n) is 14.4. The molecule has 1 aromatic rings. The Morgan fingerprint density at radius 1 is 1.08 bits per heavy atom. The Labute approximate surface area is 147 Å². The molecule has 1 aromatic carbocycles. The lowest BCUT2D eigenvalue weighted by Gasteiger charge is -2.19. The predicted molar refractivity (Wildman–Crippen MR) is 99.2 cm³/mol. The van der Waals surface area contributed by atoms with E-state index in [1.807, 2.05) is 6.07 Å². The average Bonchev–Trinajstić information content (AvgIpc) is 2.41. The lowest BCUT2D eigenvalue weighted by molar-refractivity contribution is -0.114. The van der Waals surface area contributed by atoms with Crippen LogP contribution >= 0.6 is 12.2 Å². The normalized spacial score (nSPS) is 10.5. The van der Waals surface area contributed by atoms with Crippen LogP contribution in [0.15, 0.2) is 24.3 Å². The van der Waals surface area contributed by atoms with Gasteiger partial charge in [-0.1, -0.05) is 6.07 Å². The van der Waals surface area contributed by atoms with Gasteiger partial charge < -0.3 is 26.0 Å². The number of ether oxygens (including phenoxy) is 1. The second-order valence-corrected chi connectivity index (χ2v) is 6.48. The van der Waals surface area contributed by atoms with Gasteiger partial charge in [-0.25, -0.2) is 4.79 Å². The van der Waals surface area contributed by atoms with Gasteiger partial charge in [0, 0.05) is 31.4 Å². The van der Waals surface area contributed by atoms with Crippen LogP contribution < -0.4 is 21.3 Å². The van der Waals surface area contributed by atoms with Gasteiger partial charge >= 0.3 is 6.09 Å². The van der Waals surface area contributed by atoms with E-state index in [9.17, 15) is 9.59 Å². The summed E-state index contributed by atoms with van der Waals surface area (Å²) in [6, 6.07) is 7.20. The van der Waals surface area contributed by atoms with E-state index in [-0.39, 0.29) is 5.91 Å². The van der Waals surface area contributed by atoms with Crippen molar-refractivity contribution in [1.82, 2.24) is 10.6 Å². The molecule has 0 heterocycles. The summed E-state index contributed by atoms with van der Waals surface area (Å²) in [5, 5.41) is 11.7. The van der Waals surface area contributed by atoms with Crippen molar-refractivity contribution in [3.05, 3.63) is 24.3 Å². The minimum absolute atomic E-state index is 0.138. The molecule has 0 saturated heterocycles. The van der Waals surface area contributed by atoms with Gasteiger partial charge in [-0.2, -0.15) is 0 Å². The van der Waals surface area contributed by atoms with Gasteiger partial charge in [0.05, 0.1) is 0 Å². The number of nitrogens with one attached hydrogen (secondary N) is 4. The van der Waals surface area contributed by atoms with Crippen LogP contribution in [0.1, 0.15) is 27.7 Å². The largest absolute Gasteiger partial charge is 0.444 e. The van der Waals surface area contributed by atoms with Crippen LogP contribution in [-0.2, 0) is 9.53 Å². The SMILES string of the molecule is CC(=O)Nc1cccc(NC(=S)NCCNC(=O)OC(C)(C)C)c1. The highest BCUT2D eigenvalue weighted by Gasteiger charge is 2.15. The van der Waals surface area contributed by atoms with Gasteiger partial charge in [-0.3, -0.25) is 4.79 Å². The molecule has 8 heteroatoms. The van der Waals surface area contributed by atoms with Crippen molar-refractivity contribution in [3.63, 3.8) is 0 Å². The first kappa shape index (κ1) is 19.7. The van der Waals surface area contributed by atoms with Crippen molar-refractivity contribution in [2.75, 3.05) is 23.7 Å². The first-order valence-corrected chi connectivity index (χ1v) is 7.96. The van der Waals surface area contributed by atoms with Crippen molar-refractivity contribution in [2.24, 2.45) is 0 Å². The number of carbonyl (C=O) groups excluding carboxylic acids is 2. The van der Waals surface area contributed by atoms with Gasteiger partial charge in [0.15, 0.2) is 5.11 Å². The van der Waals surface area contributed by atoms with Crippen molar-refractivity contribution in [1.29, 1.82) is 0 Å². The molecule has 1 rings (SSSR count). The zero-order chi connectivity index (χ0) is 18.2. The Bertz CT molecular complexity index is 599. The molecule has 132 valence electrons. The summed E-state index contributed by atoms with van der Waals surface area (Å²) in [6.45, 7) is 7.69. The second-order valence-electron chi connectivity index (χ2n) is 6.07. The first-order chi connectivity index (χ1) is 11.2. The molecule has 0 aliphatic rings. The van der Waals surface area contributed by atoms with E-state index >= 15 is 0 Å². The van der Waals surface area contributed by atoms with Crippen molar-refractivity contribution < 1.29 is 14.3 Å². The predicted octanol–water partition coefficient (Wildman–Crippen LogP) is 2.46. The number of benzene rings is 1. The lowest BCUT2D eigenvalue weighted by Crippen LogP contribution is -2.39. The van der Waals surface area contributed by atoms with E-state index < -0.39 is 11.7 Å². The van der Waals surface area contributed by atoms with Crippen LogP contribution in [0.2, 0.25) is 0 Å². The third kappa shape index (κ3) is 8.94. The zero-order valence-corrected chi connectivity index (χ0v) is 15.2. The highest BCUT2D eigenvalue weighted by molar-refractivity contribution is 7.80. The van der Waals surface area contributed by atoms with Crippen molar-refractivity contribution in [3.8, 4) is 0 Å².